The van der Waals surface area contributed by atoms with Gasteiger partial charge in [0, 0.05) is 25.2 Å². The summed E-state index contributed by atoms with van der Waals surface area (Å²) in [5, 5.41) is 11.3. The number of pyridine rings is 1. The van der Waals surface area contributed by atoms with Crippen LogP contribution in [0.2, 0.25) is 0 Å². The van der Waals surface area contributed by atoms with Gasteiger partial charge in [-0.2, -0.15) is 0 Å². The summed E-state index contributed by atoms with van der Waals surface area (Å²) in [6, 6.07) is 3.68. The summed E-state index contributed by atoms with van der Waals surface area (Å²) in [5.41, 5.74) is 5.82. The number of aromatic nitrogens is 1. The molecule has 1 aliphatic rings. The van der Waals surface area contributed by atoms with Gasteiger partial charge in [0.05, 0.1) is 11.3 Å². The molecule has 0 aliphatic heterocycles. The maximum absolute atomic E-state index is 12.6. The Morgan fingerprint density at radius 3 is 2.90 bits per heavy atom. The van der Waals surface area contributed by atoms with Gasteiger partial charge in [-0.3, -0.25) is 4.79 Å². The number of hydrogen-bond donors (Lipinski definition) is 2. The number of nitrogens with zero attached hydrogens (tertiary/aromatic N) is 2. The summed E-state index contributed by atoms with van der Waals surface area (Å²) < 4.78 is 0. The molecule has 0 radical (unpaired) electrons. The van der Waals surface area contributed by atoms with Crippen LogP contribution in [-0.4, -0.2) is 40.1 Å². The molecule has 1 amide bonds. The summed E-state index contributed by atoms with van der Waals surface area (Å²) in [6.07, 6.45) is 5.25. The molecule has 2 heterocycles. The highest BCUT2D eigenvalue weighted by Crippen LogP contribution is 2.34. The third kappa shape index (κ3) is 2.61. The zero-order chi connectivity index (χ0) is 15.0. The minimum absolute atomic E-state index is 0.143. The van der Waals surface area contributed by atoms with Crippen molar-refractivity contribution in [2.24, 2.45) is 0 Å². The number of hydrogen-bond acceptors (Lipinski definition) is 5. The van der Waals surface area contributed by atoms with Crippen LogP contribution in [0, 0.1) is 0 Å². The molecule has 1 fully saturated rings. The molecule has 2 aromatic rings. The van der Waals surface area contributed by atoms with Gasteiger partial charge in [0.25, 0.3) is 5.91 Å². The molecule has 0 unspecified atom stereocenters. The van der Waals surface area contributed by atoms with Gasteiger partial charge < -0.3 is 15.7 Å². The maximum atomic E-state index is 12.6. The van der Waals surface area contributed by atoms with E-state index < -0.39 is 5.60 Å². The molecule has 0 atom stereocenters. The Hall–Kier alpha value is -1.66. The first kappa shape index (κ1) is 14.3. The molecule has 0 spiro atoms. The Labute approximate surface area is 127 Å². The minimum Gasteiger partial charge on any atom is -0.397 e. The topological polar surface area (TPSA) is 79.5 Å². The molecule has 1 saturated carbocycles. The number of likely N-dealkylation sites (N-methyl/N-ethyl adjacent to an activating group) is 1. The van der Waals surface area contributed by atoms with E-state index in [4.69, 9.17) is 5.73 Å². The summed E-state index contributed by atoms with van der Waals surface area (Å²) >= 11 is 1.31. The second-order valence-electron chi connectivity index (χ2n) is 5.79. The summed E-state index contributed by atoms with van der Waals surface area (Å²) in [4.78, 5) is 19.7. The SMILES string of the molecule is CN(CC1(O)CCCC1)C(=O)c1sc2ncccc2c1N. The molecule has 6 heteroatoms. The van der Waals surface area contributed by atoms with E-state index in [1.807, 2.05) is 12.1 Å². The van der Waals surface area contributed by atoms with Crippen molar-refractivity contribution in [3.05, 3.63) is 23.2 Å². The van der Waals surface area contributed by atoms with E-state index in [1.54, 1.807) is 18.1 Å². The second kappa shape index (κ2) is 5.27. The first-order valence-corrected chi connectivity index (χ1v) is 7.93. The van der Waals surface area contributed by atoms with Crippen molar-refractivity contribution in [1.29, 1.82) is 0 Å². The minimum atomic E-state index is -0.742. The number of carbonyl (C=O) groups is 1. The van der Waals surface area contributed by atoms with E-state index in [9.17, 15) is 9.90 Å². The second-order valence-corrected chi connectivity index (χ2v) is 6.79. The van der Waals surface area contributed by atoms with Crippen molar-refractivity contribution in [3.63, 3.8) is 0 Å². The van der Waals surface area contributed by atoms with Crippen molar-refractivity contribution >= 4 is 33.1 Å². The Morgan fingerprint density at radius 1 is 1.52 bits per heavy atom. The third-order valence-electron chi connectivity index (χ3n) is 4.11. The van der Waals surface area contributed by atoms with Crippen molar-refractivity contribution in [2.45, 2.75) is 31.3 Å². The van der Waals surface area contributed by atoms with Gasteiger partial charge in [-0.15, -0.1) is 11.3 Å². The number of nitrogen functional groups attached to an aromatic ring is 1. The van der Waals surface area contributed by atoms with Crippen LogP contribution < -0.4 is 5.73 Å². The Kier molecular flexibility index (Phi) is 3.59. The van der Waals surface area contributed by atoms with Gasteiger partial charge in [0.15, 0.2) is 0 Å². The van der Waals surface area contributed by atoms with Crippen LogP contribution in [0.4, 0.5) is 5.69 Å². The average molecular weight is 305 g/mol. The number of carbonyl (C=O) groups excluding carboxylic acids is 1. The summed E-state index contributed by atoms with van der Waals surface area (Å²) in [6.45, 7) is 0.354. The highest BCUT2D eigenvalue weighted by molar-refractivity contribution is 7.21. The normalized spacial score (nSPS) is 17.2. The van der Waals surface area contributed by atoms with Crippen LogP contribution in [-0.2, 0) is 0 Å². The molecule has 3 rings (SSSR count). The fourth-order valence-corrected chi connectivity index (χ4v) is 4.05. The van der Waals surface area contributed by atoms with Crippen LogP contribution in [0.15, 0.2) is 18.3 Å². The first-order valence-electron chi connectivity index (χ1n) is 7.11. The van der Waals surface area contributed by atoms with Gasteiger partial charge in [0.2, 0.25) is 0 Å². The lowest BCUT2D eigenvalue weighted by Gasteiger charge is -2.28. The van der Waals surface area contributed by atoms with E-state index >= 15 is 0 Å². The number of anilines is 1. The zero-order valence-corrected chi connectivity index (χ0v) is 12.8. The lowest BCUT2D eigenvalue weighted by atomic mass is 10.0. The predicted molar refractivity (Wildman–Crippen MR) is 84.4 cm³/mol. The number of fused-ring (bicyclic) bond motifs is 1. The predicted octanol–water partition coefficient (Wildman–Crippen LogP) is 2.26. The molecular weight excluding hydrogens is 286 g/mol. The number of amides is 1. The van der Waals surface area contributed by atoms with Crippen LogP contribution in [0.3, 0.4) is 0 Å². The van der Waals surface area contributed by atoms with Crippen molar-refractivity contribution < 1.29 is 9.90 Å². The lowest BCUT2D eigenvalue weighted by Crippen LogP contribution is -2.41. The highest BCUT2D eigenvalue weighted by Gasteiger charge is 2.34. The van der Waals surface area contributed by atoms with Gasteiger partial charge in [-0.1, -0.05) is 12.8 Å². The van der Waals surface area contributed by atoms with E-state index in [0.717, 1.165) is 35.9 Å². The van der Waals surface area contributed by atoms with Crippen molar-refractivity contribution in [2.75, 3.05) is 19.3 Å². The quantitative estimate of drug-likeness (QED) is 0.911. The molecule has 0 bridgehead atoms. The molecule has 21 heavy (non-hydrogen) atoms. The monoisotopic (exact) mass is 305 g/mol. The van der Waals surface area contributed by atoms with E-state index in [0.29, 0.717) is 17.1 Å². The first-order chi connectivity index (χ1) is 10.0. The number of rotatable bonds is 3. The van der Waals surface area contributed by atoms with Crippen LogP contribution >= 0.6 is 11.3 Å². The fourth-order valence-electron chi connectivity index (χ4n) is 2.99. The molecule has 1 aliphatic carbocycles. The molecule has 3 N–H and O–H groups in total. The lowest BCUT2D eigenvalue weighted by molar-refractivity contribution is 0.0159. The van der Waals surface area contributed by atoms with Gasteiger partial charge in [0.1, 0.15) is 9.71 Å². The van der Waals surface area contributed by atoms with Gasteiger partial charge >= 0.3 is 0 Å². The van der Waals surface area contributed by atoms with Crippen LogP contribution in [0.5, 0.6) is 0 Å². The van der Waals surface area contributed by atoms with Crippen LogP contribution in [0.25, 0.3) is 10.2 Å². The standard InChI is InChI=1S/C15H19N3O2S/c1-18(9-15(20)6-2-3-7-15)14(19)12-11(16)10-5-4-8-17-13(10)21-12/h4-5,8,20H,2-3,6-7,9,16H2,1H3. The fraction of sp³-hybridized carbons (Fsp3) is 0.467. The van der Waals surface area contributed by atoms with Crippen molar-refractivity contribution in [3.8, 4) is 0 Å². The number of thiophene rings is 1. The van der Waals surface area contributed by atoms with E-state index in [2.05, 4.69) is 4.98 Å². The summed E-state index contributed by atoms with van der Waals surface area (Å²) in [5.74, 6) is -0.143. The Bertz CT molecular complexity index is 677. The van der Waals surface area contributed by atoms with E-state index in [1.165, 1.54) is 11.3 Å². The highest BCUT2D eigenvalue weighted by atomic mass is 32.1. The van der Waals surface area contributed by atoms with E-state index in [-0.39, 0.29) is 5.91 Å². The summed E-state index contributed by atoms with van der Waals surface area (Å²) in [7, 11) is 1.72. The molecular formula is C15H19N3O2S. The van der Waals surface area contributed by atoms with Crippen molar-refractivity contribution in [1.82, 2.24) is 9.88 Å². The Morgan fingerprint density at radius 2 is 2.24 bits per heavy atom. The molecule has 0 saturated heterocycles. The number of nitrogens with two attached hydrogens (primary N) is 1. The average Bonchev–Trinajstić information content (AvgIpc) is 3.03. The third-order valence-corrected chi connectivity index (χ3v) is 5.23. The Balaban J connectivity index is 1.84. The van der Waals surface area contributed by atoms with Crippen LogP contribution in [0.1, 0.15) is 35.4 Å². The molecule has 112 valence electrons. The molecule has 2 aromatic heterocycles. The molecule has 0 aromatic carbocycles. The maximum Gasteiger partial charge on any atom is 0.265 e. The van der Waals surface area contributed by atoms with Gasteiger partial charge in [-0.05, 0) is 25.0 Å². The number of aliphatic hydroxyl groups is 1. The largest absolute Gasteiger partial charge is 0.397 e. The smallest absolute Gasteiger partial charge is 0.265 e. The zero-order valence-electron chi connectivity index (χ0n) is 12.0. The molecule has 5 nitrogen and oxygen atoms in total. The van der Waals surface area contributed by atoms with Gasteiger partial charge in [-0.25, -0.2) is 4.98 Å².